The van der Waals surface area contributed by atoms with E-state index in [0.717, 1.165) is 30.2 Å². The Morgan fingerprint density at radius 1 is 1.07 bits per heavy atom. The zero-order valence-corrected chi connectivity index (χ0v) is 17.1. The molecule has 0 fully saturated rings. The number of ether oxygens (including phenoxy) is 1. The number of rotatable bonds is 8. The summed E-state index contributed by atoms with van der Waals surface area (Å²) in [5.41, 5.74) is 4.14. The van der Waals surface area contributed by atoms with Crippen molar-refractivity contribution < 1.29 is 9.53 Å². The van der Waals surface area contributed by atoms with Crippen LogP contribution in [-0.4, -0.2) is 39.1 Å². The second-order valence-electron chi connectivity index (χ2n) is 6.47. The molecule has 28 heavy (non-hydrogen) atoms. The Labute approximate surface area is 167 Å². The zero-order valence-electron chi connectivity index (χ0n) is 17.1. The standard InChI is InChI=1S/C22H30N4O2/c1-5-24-21(27)18-9-7-17(8-10-18)15-26-22(23-3)25-13-12-19-14-16(2)6-11-20(19)28-4/h6-11,14H,5,12-13,15H2,1-4H3,(H,24,27)(H2,23,25,26). The SMILES string of the molecule is CCNC(=O)c1ccc(CNC(=NC)NCCc2cc(C)ccc2OC)cc1. The van der Waals surface area contributed by atoms with Gasteiger partial charge in [-0.1, -0.05) is 29.8 Å². The van der Waals surface area contributed by atoms with Gasteiger partial charge in [0, 0.05) is 32.2 Å². The van der Waals surface area contributed by atoms with Crippen molar-refractivity contribution in [3.05, 3.63) is 64.7 Å². The lowest BCUT2D eigenvalue weighted by Crippen LogP contribution is -2.37. The van der Waals surface area contributed by atoms with Crippen molar-refractivity contribution in [1.29, 1.82) is 0 Å². The van der Waals surface area contributed by atoms with Gasteiger partial charge in [-0.2, -0.15) is 0 Å². The minimum Gasteiger partial charge on any atom is -0.496 e. The molecule has 150 valence electrons. The van der Waals surface area contributed by atoms with E-state index < -0.39 is 0 Å². The molecule has 0 radical (unpaired) electrons. The fraction of sp³-hybridized carbons (Fsp3) is 0.364. The van der Waals surface area contributed by atoms with E-state index >= 15 is 0 Å². The van der Waals surface area contributed by atoms with Crippen molar-refractivity contribution in [2.75, 3.05) is 27.2 Å². The maximum absolute atomic E-state index is 11.8. The summed E-state index contributed by atoms with van der Waals surface area (Å²) in [7, 11) is 3.44. The number of aliphatic imine (C=N–C) groups is 1. The van der Waals surface area contributed by atoms with Gasteiger partial charge in [-0.3, -0.25) is 9.79 Å². The Morgan fingerprint density at radius 2 is 1.82 bits per heavy atom. The zero-order chi connectivity index (χ0) is 20.4. The van der Waals surface area contributed by atoms with Gasteiger partial charge in [0.1, 0.15) is 5.75 Å². The molecule has 0 aliphatic heterocycles. The molecule has 6 nitrogen and oxygen atoms in total. The normalized spacial score (nSPS) is 11.1. The van der Waals surface area contributed by atoms with Gasteiger partial charge in [-0.15, -0.1) is 0 Å². The molecule has 0 aliphatic rings. The molecule has 2 rings (SSSR count). The Bertz CT molecular complexity index is 801. The second-order valence-corrected chi connectivity index (χ2v) is 6.47. The first kappa shape index (κ1) is 21.3. The highest BCUT2D eigenvalue weighted by Crippen LogP contribution is 2.19. The monoisotopic (exact) mass is 382 g/mol. The van der Waals surface area contributed by atoms with Crippen molar-refractivity contribution in [3.63, 3.8) is 0 Å². The van der Waals surface area contributed by atoms with Crippen LogP contribution in [0.1, 0.15) is 34.0 Å². The fourth-order valence-electron chi connectivity index (χ4n) is 2.86. The van der Waals surface area contributed by atoms with Gasteiger partial charge < -0.3 is 20.7 Å². The fourth-order valence-corrected chi connectivity index (χ4v) is 2.86. The van der Waals surface area contributed by atoms with Gasteiger partial charge in [0.05, 0.1) is 7.11 Å². The summed E-state index contributed by atoms with van der Waals surface area (Å²) < 4.78 is 5.43. The number of benzene rings is 2. The number of methoxy groups -OCH3 is 1. The molecule has 1 amide bonds. The number of carbonyl (C=O) groups is 1. The summed E-state index contributed by atoms with van der Waals surface area (Å²) in [5.74, 6) is 1.59. The molecule has 6 heteroatoms. The third kappa shape index (κ3) is 6.30. The third-order valence-electron chi connectivity index (χ3n) is 4.36. The molecular formula is C22H30N4O2. The highest BCUT2D eigenvalue weighted by atomic mass is 16.5. The van der Waals surface area contributed by atoms with Crippen LogP contribution in [-0.2, 0) is 13.0 Å². The van der Waals surface area contributed by atoms with Gasteiger partial charge in [0.2, 0.25) is 0 Å². The van der Waals surface area contributed by atoms with E-state index in [0.29, 0.717) is 18.7 Å². The van der Waals surface area contributed by atoms with Gasteiger partial charge in [0.15, 0.2) is 5.96 Å². The molecule has 0 saturated carbocycles. The number of amides is 1. The quantitative estimate of drug-likeness (QED) is 0.485. The van der Waals surface area contributed by atoms with Crippen molar-refractivity contribution in [2.24, 2.45) is 4.99 Å². The summed E-state index contributed by atoms with van der Waals surface area (Å²) in [4.78, 5) is 16.1. The Balaban J connectivity index is 1.83. The number of carbonyl (C=O) groups excluding carboxylic acids is 1. The van der Waals surface area contributed by atoms with Crippen molar-refractivity contribution in [1.82, 2.24) is 16.0 Å². The molecule has 3 N–H and O–H groups in total. The van der Waals surface area contributed by atoms with Crippen LogP contribution in [0.4, 0.5) is 0 Å². The Hall–Kier alpha value is -3.02. The molecule has 0 heterocycles. The van der Waals surface area contributed by atoms with Gasteiger partial charge >= 0.3 is 0 Å². The predicted molar refractivity (Wildman–Crippen MR) is 114 cm³/mol. The lowest BCUT2D eigenvalue weighted by Gasteiger charge is -2.14. The molecule has 0 saturated heterocycles. The molecule has 2 aromatic carbocycles. The van der Waals surface area contributed by atoms with E-state index in [1.807, 2.05) is 43.3 Å². The second kappa shape index (κ2) is 11.0. The van der Waals surface area contributed by atoms with Crippen LogP contribution in [0.15, 0.2) is 47.5 Å². The van der Waals surface area contributed by atoms with Crippen LogP contribution < -0.4 is 20.7 Å². The average Bonchev–Trinajstić information content (AvgIpc) is 2.71. The maximum Gasteiger partial charge on any atom is 0.251 e. The topological polar surface area (TPSA) is 74.8 Å². The van der Waals surface area contributed by atoms with Gasteiger partial charge in [-0.05, 0) is 49.6 Å². The number of hydrogen-bond acceptors (Lipinski definition) is 3. The smallest absolute Gasteiger partial charge is 0.251 e. The third-order valence-corrected chi connectivity index (χ3v) is 4.36. The first-order chi connectivity index (χ1) is 13.6. The molecule has 0 bridgehead atoms. The molecule has 0 atom stereocenters. The predicted octanol–water partition coefficient (Wildman–Crippen LogP) is 2.66. The number of aryl methyl sites for hydroxylation is 1. The lowest BCUT2D eigenvalue weighted by molar-refractivity contribution is 0.0956. The minimum atomic E-state index is -0.0499. The van der Waals surface area contributed by atoms with Crippen molar-refractivity contribution in [2.45, 2.75) is 26.8 Å². The van der Waals surface area contributed by atoms with Crippen LogP contribution in [0.2, 0.25) is 0 Å². The Kier molecular flexibility index (Phi) is 8.34. The van der Waals surface area contributed by atoms with Gasteiger partial charge in [0.25, 0.3) is 5.91 Å². The molecule has 0 spiro atoms. The van der Waals surface area contributed by atoms with E-state index in [4.69, 9.17) is 4.74 Å². The Morgan fingerprint density at radius 3 is 2.46 bits per heavy atom. The summed E-state index contributed by atoms with van der Waals surface area (Å²) in [6.07, 6.45) is 0.840. The molecular weight excluding hydrogens is 352 g/mol. The number of guanidine groups is 1. The van der Waals surface area contributed by atoms with Crippen molar-refractivity contribution >= 4 is 11.9 Å². The van der Waals surface area contributed by atoms with E-state index in [1.165, 1.54) is 11.1 Å². The highest BCUT2D eigenvalue weighted by Gasteiger charge is 2.06. The largest absolute Gasteiger partial charge is 0.496 e. The number of hydrogen-bond donors (Lipinski definition) is 3. The minimum absolute atomic E-state index is 0.0499. The summed E-state index contributed by atoms with van der Waals surface area (Å²) in [6, 6.07) is 13.8. The van der Waals surface area contributed by atoms with Crippen LogP contribution in [0.5, 0.6) is 5.75 Å². The van der Waals surface area contributed by atoms with E-state index in [2.05, 4.69) is 33.9 Å². The van der Waals surface area contributed by atoms with Crippen LogP contribution >= 0.6 is 0 Å². The lowest BCUT2D eigenvalue weighted by atomic mass is 10.1. The molecule has 0 unspecified atom stereocenters. The maximum atomic E-state index is 11.8. The number of nitrogens with zero attached hydrogens (tertiary/aromatic N) is 1. The van der Waals surface area contributed by atoms with Gasteiger partial charge in [-0.25, -0.2) is 0 Å². The summed E-state index contributed by atoms with van der Waals surface area (Å²) in [5, 5.41) is 9.41. The van der Waals surface area contributed by atoms with Crippen LogP contribution in [0, 0.1) is 6.92 Å². The summed E-state index contributed by atoms with van der Waals surface area (Å²) in [6.45, 7) is 5.98. The number of nitrogens with one attached hydrogen (secondary N) is 3. The molecule has 0 aromatic heterocycles. The molecule has 2 aromatic rings. The van der Waals surface area contributed by atoms with E-state index in [1.54, 1.807) is 14.2 Å². The first-order valence-corrected chi connectivity index (χ1v) is 9.52. The highest BCUT2D eigenvalue weighted by molar-refractivity contribution is 5.94. The first-order valence-electron chi connectivity index (χ1n) is 9.52. The van der Waals surface area contributed by atoms with Crippen molar-refractivity contribution in [3.8, 4) is 5.75 Å². The molecule has 0 aliphatic carbocycles. The average molecular weight is 383 g/mol. The van der Waals surface area contributed by atoms with E-state index in [9.17, 15) is 4.79 Å². The van der Waals surface area contributed by atoms with E-state index in [-0.39, 0.29) is 5.91 Å². The van der Waals surface area contributed by atoms with Crippen LogP contribution in [0.25, 0.3) is 0 Å². The van der Waals surface area contributed by atoms with Crippen LogP contribution in [0.3, 0.4) is 0 Å². The summed E-state index contributed by atoms with van der Waals surface area (Å²) >= 11 is 0.